The van der Waals surface area contributed by atoms with Crippen molar-refractivity contribution in [2.45, 2.75) is 25.7 Å². The lowest BCUT2D eigenvalue weighted by atomic mass is 9.88. The summed E-state index contributed by atoms with van der Waals surface area (Å²) in [6.45, 7) is 0. The number of hydrogen-bond acceptors (Lipinski definition) is 4. The van der Waals surface area contributed by atoms with Gasteiger partial charge in [-0.25, -0.2) is 0 Å². The van der Waals surface area contributed by atoms with E-state index in [1.54, 1.807) is 28.4 Å². The summed E-state index contributed by atoms with van der Waals surface area (Å²) in [5.74, 6) is 2.84. The smallest absolute Gasteiger partial charge is 0.203 e. The Kier molecular flexibility index (Phi) is 5.71. The molecule has 0 N–H and O–H groups in total. The molecule has 2 aromatic carbocycles. The van der Waals surface area contributed by atoms with Gasteiger partial charge in [-0.3, -0.25) is 0 Å². The molecule has 0 spiro atoms. The van der Waals surface area contributed by atoms with E-state index in [9.17, 15) is 0 Å². The van der Waals surface area contributed by atoms with Gasteiger partial charge in [-0.2, -0.15) is 0 Å². The Morgan fingerprint density at radius 1 is 0.769 bits per heavy atom. The van der Waals surface area contributed by atoms with Gasteiger partial charge >= 0.3 is 0 Å². The van der Waals surface area contributed by atoms with Crippen molar-refractivity contribution < 1.29 is 18.9 Å². The Balaban J connectivity index is 2.16. The second-order valence-electron chi connectivity index (χ2n) is 6.30. The van der Waals surface area contributed by atoms with E-state index >= 15 is 0 Å². The van der Waals surface area contributed by atoms with Crippen LogP contribution in [0.1, 0.15) is 36.0 Å². The number of rotatable bonds is 5. The van der Waals surface area contributed by atoms with E-state index in [0.717, 1.165) is 24.2 Å². The summed E-state index contributed by atoms with van der Waals surface area (Å²) >= 11 is 0. The number of fused-ring (bicyclic) bond motifs is 1. The normalized spacial score (nSPS) is 15.8. The van der Waals surface area contributed by atoms with Gasteiger partial charge in [0.25, 0.3) is 0 Å². The second kappa shape index (κ2) is 8.17. The van der Waals surface area contributed by atoms with Crippen molar-refractivity contribution in [3.63, 3.8) is 0 Å². The lowest BCUT2D eigenvalue weighted by Crippen LogP contribution is -2.02. The molecule has 1 aliphatic carbocycles. The first-order valence-electron chi connectivity index (χ1n) is 8.89. The Hall–Kier alpha value is -2.62. The van der Waals surface area contributed by atoms with Gasteiger partial charge in [0.05, 0.1) is 28.4 Å². The number of aryl methyl sites for hydroxylation is 1. The minimum atomic E-state index is 0.611. The molecular formula is C22H26O4. The Labute approximate surface area is 155 Å². The highest BCUT2D eigenvalue weighted by Crippen LogP contribution is 2.42. The van der Waals surface area contributed by atoms with Gasteiger partial charge in [-0.05, 0) is 72.2 Å². The lowest BCUT2D eigenvalue weighted by Gasteiger charge is -2.20. The van der Waals surface area contributed by atoms with Crippen LogP contribution in [0.2, 0.25) is 0 Å². The molecule has 0 saturated heterocycles. The molecule has 2 aromatic rings. The topological polar surface area (TPSA) is 36.9 Å². The summed E-state index contributed by atoms with van der Waals surface area (Å²) in [6.07, 6.45) is 6.76. The van der Waals surface area contributed by atoms with Gasteiger partial charge in [0.15, 0.2) is 11.5 Å². The van der Waals surface area contributed by atoms with E-state index in [-0.39, 0.29) is 0 Å². The fraction of sp³-hybridized carbons (Fsp3) is 0.364. The molecule has 0 atom stereocenters. The van der Waals surface area contributed by atoms with Crippen LogP contribution in [-0.2, 0) is 6.42 Å². The van der Waals surface area contributed by atoms with E-state index in [1.807, 2.05) is 18.2 Å². The third kappa shape index (κ3) is 3.50. The van der Waals surface area contributed by atoms with Gasteiger partial charge in [0.2, 0.25) is 5.75 Å². The number of allylic oxidation sites excluding steroid dienone is 1. The molecule has 138 valence electrons. The summed E-state index contributed by atoms with van der Waals surface area (Å²) in [5.41, 5.74) is 4.80. The quantitative estimate of drug-likeness (QED) is 0.767. The SMILES string of the molecule is COc1ccc2c(c1)CCCC/C=C\2c1cc(OC)c(OC)c(OC)c1. The van der Waals surface area contributed by atoms with Crippen molar-refractivity contribution in [1.29, 1.82) is 0 Å². The maximum absolute atomic E-state index is 5.54. The zero-order valence-electron chi connectivity index (χ0n) is 15.9. The highest BCUT2D eigenvalue weighted by atomic mass is 16.5. The van der Waals surface area contributed by atoms with Crippen molar-refractivity contribution in [2.75, 3.05) is 28.4 Å². The molecule has 4 nitrogen and oxygen atoms in total. The van der Waals surface area contributed by atoms with Crippen LogP contribution >= 0.6 is 0 Å². The maximum Gasteiger partial charge on any atom is 0.203 e. The molecule has 0 aromatic heterocycles. The van der Waals surface area contributed by atoms with Crippen LogP contribution < -0.4 is 18.9 Å². The summed E-state index contributed by atoms with van der Waals surface area (Å²) < 4.78 is 22.0. The average Bonchev–Trinajstić information content (AvgIpc) is 2.67. The van der Waals surface area contributed by atoms with Crippen molar-refractivity contribution in [3.8, 4) is 23.0 Å². The van der Waals surface area contributed by atoms with Crippen molar-refractivity contribution in [2.24, 2.45) is 0 Å². The van der Waals surface area contributed by atoms with Crippen LogP contribution in [0.4, 0.5) is 0 Å². The highest BCUT2D eigenvalue weighted by Gasteiger charge is 2.18. The molecule has 0 saturated carbocycles. The van der Waals surface area contributed by atoms with Crippen LogP contribution in [-0.4, -0.2) is 28.4 Å². The molecular weight excluding hydrogens is 328 g/mol. The zero-order valence-corrected chi connectivity index (χ0v) is 15.9. The van der Waals surface area contributed by atoms with Gasteiger partial charge in [-0.1, -0.05) is 12.1 Å². The highest BCUT2D eigenvalue weighted by molar-refractivity contribution is 5.84. The number of hydrogen-bond donors (Lipinski definition) is 0. The van der Waals surface area contributed by atoms with Crippen LogP contribution in [0.25, 0.3) is 5.57 Å². The number of methoxy groups -OCH3 is 4. The molecule has 0 unspecified atom stereocenters. The first kappa shape index (κ1) is 18.2. The largest absolute Gasteiger partial charge is 0.497 e. The molecule has 1 aliphatic rings. The van der Waals surface area contributed by atoms with Crippen molar-refractivity contribution in [1.82, 2.24) is 0 Å². The second-order valence-corrected chi connectivity index (χ2v) is 6.30. The summed E-state index contributed by atoms with van der Waals surface area (Å²) in [7, 11) is 6.62. The van der Waals surface area contributed by atoms with Crippen LogP contribution in [0.3, 0.4) is 0 Å². The van der Waals surface area contributed by atoms with E-state index in [0.29, 0.717) is 17.2 Å². The average molecular weight is 354 g/mol. The summed E-state index contributed by atoms with van der Waals surface area (Å²) in [6, 6.07) is 10.3. The summed E-state index contributed by atoms with van der Waals surface area (Å²) in [5, 5.41) is 0. The molecule has 3 rings (SSSR count). The third-order valence-corrected chi connectivity index (χ3v) is 4.83. The predicted octanol–water partition coefficient (Wildman–Crippen LogP) is 4.88. The van der Waals surface area contributed by atoms with E-state index < -0.39 is 0 Å². The first-order chi connectivity index (χ1) is 12.7. The van der Waals surface area contributed by atoms with Gasteiger partial charge < -0.3 is 18.9 Å². The molecule has 0 amide bonds. The molecule has 0 heterocycles. The molecule has 0 bridgehead atoms. The minimum Gasteiger partial charge on any atom is -0.497 e. The van der Waals surface area contributed by atoms with E-state index in [4.69, 9.17) is 18.9 Å². The van der Waals surface area contributed by atoms with Crippen LogP contribution in [0.15, 0.2) is 36.4 Å². The van der Waals surface area contributed by atoms with E-state index in [1.165, 1.54) is 29.5 Å². The molecule has 26 heavy (non-hydrogen) atoms. The fourth-order valence-corrected chi connectivity index (χ4v) is 3.49. The van der Waals surface area contributed by atoms with Crippen LogP contribution in [0.5, 0.6) is 23.0 Å². The van der Waals surface area contributed by atoms with E-state index in [2.05, 4.69) is 18.2 Å². The van der Waals surface area contributed by atoms with Crippen molar-refractivity contribution >= 4 is 5.57 Å². The predicted molar refractivity (Wildman–Crippen MR) is 104 cm³/mol. The Morgan fingerprint density at radius 3 is 2.12 bits per heavy atom. The molecule has 0 aliphatic heterocycles. The van der Waals surface area contributed by atoms with Crippen LogP contribution in [0, 0.1) is 0 Å². The molecule has 0 fully saturated rings. The lowest BCUT2D eigenvalue weighted by molar-refractivity contribution is 0.324. The van der Waals surface area contributed by atoms with Crippen molar-refractivity contribution in [3.05, 3.63) is 53.1 Å². The standard InChI is InChI=1S/C22H26O4/c1-23-17-10-11-19-15(12-17)8-6-5-7-9-18(19)16-13-20(24-2)22(26-4)21(14-16)25-3/h9-14H,5-8H2,1-4H3/b18-9-. The third-order valence-electron chi connectivity index (χ3n) is 4.83. The van der Waals surface area contributed by atoms with Gasteiger partial charge in [0.1, 0.15) is 5.75 Å². The van der Waals surface area contributed by atoms with Gasteiger partial charge in [0, 0.05) is 0 Å². The number of benzene rings is 2. The monoisotopic (exact) mass is 354 g/mol. The minimum absolute atomic E-state index is 0.611. The fourth-order valence-electron chi connectivity index (χ4n) is 3.49. The maximum atomic E-state index is 5.54. The Bertz CT molecular complexity index is 783. The molecule has 0 radical (unpaired) electrons. The van der Waals surface area contributed by atoms with Gasteiger partial charge in [-0.15, -0.1) is 0 Å². The zero-order chi connectivity index (χ0) is 18.5. The Morgan fingerprint density at radius 2 is 1.50 bits per heavy atom. The molecule has 4 heteroatoms. The first-order valence-corrected chi connectivity index (χ1v) is 8.89. The number of ether oxygens (including phenoxy) is 4. The summed E-state index contributed by atoms with van der Waals surface area (Å²) in [4.78, 5) is 0.